The second-order valence-corrected chi connectivity index (χ2v) is 3.93. The summed E-state index contributed by atoms with van der Waals surface area (Å²) in [6, 6.07) is 5.60. The zero-order valence-electron chi connectivity index (χ0n) is 10.6. The molecule has 2 rings (SSSR count). The third-order valence-electron chi connectivity index (χ3n) is 2.40. The highest BCUT2D eigenvalue weighted by Crippen LogP contribution is 2.35. The minimum absolute atomic E-state index is 0.00774. The van der Waals surface area contributed by atoms with Crippen LogP contribution in [0.5, 0.6) is 11.5 Å². The molecule has 0 fully saturated rings. The van der Waals surface area contributed by atoms with Crippen LogP contribution in [0.15, 0.2) is 33.5 Å². The van der Waals surface area contributed by atoms with Crippen LogP contribution in [-0.2, 0) is 9.59 Å². The molecule has 1 heterocycles. The van der Waals surface area contributed by atoms with E-state index >= 15 is 0 Å². The quantitative estimate of drug-likeness (QED) is 0.747. The van der Waals surface area contributed by atoms with Crippen LogP contribution >= 0.6 is 0 Å². The SMILES string of the molecule is O=C(O)COc1ccc2ccc(=O)oc2c1OCC(=O)O. The van der Waals surface area contributed by atoms with Gasteiger partial charge >= 0.3 is 17.6 Å². The number of carboxylic acids is 2. The lowest BCUT2D eigenvalue weighted by Gasteiger charge is -2.11. The van der Waals surface area contributed by atoms with Crippen molar-refractivity contribution >= 4 is 22.9 Å². The predicted octanol–water partition coefficient (Wildman–Crippen LogP) is 0.720. The maximum absolute atomic E-state index is 11.3. The number of aliphatic carboxylic acids is 2. The first kappa shape index (κ1) is 14.4. The van der Waals surface area contributed by atoms with E-state index in [1.807, 2.05) is 0 Å². The van der Waals surface area contributed by atoms with Crippen LogP contribution < -0.4 is 15.1 Å². The van der Waals surface area contributed by atoms with Gasteiger partial charge in [0.15, 0.2) is 24.5 Å². The summed E-state index contributed by atoms with van der Waals surface area (Å²) in [7, 11) is 0. The third kappa shape index (κ3) is 3.50. The highest BCUT2D eigenvalue weighted by atomic mass is 16.5. The lowest BCUT2D eigenvalue weighted by atomic mass is 10.2. The van der Waals surface area contributed by atoms with Crippen LogP contribution in [0.25, 0.3) is 11.0 Å². The Labute approximate surface area is 117 Å². The molecule has 2 N–H and O–H groups in total. The average Bonchev–Trinajstić information content (AvgIpc) is 2.42. The summed E-state index contributed by atoms with van der Waals surface area (Å²) < 4.78 is 15.0. The molecular formula is C13H10O8. The van der Waals surface area contributed by atoms with E-state index in [1.165, 1.54) is 24.3 Å². The minimum atomic E-state index is -1.24. The van der Waals surface area contributed by atoms with Gasteiger partial charge in [-0.25, -0.2) is 14.4 Å². The molecular weight excluding hydrogens is 284 g/mol. The van der Waals surface area contributed by atoms with Crippen molar-refractivity contribution in [1.82, 2.24) is 0 Å². The molecule has 8 heteroatoms. The van der Waals surface area contributed by atoms with E-state index in [4.69, 9.17) is 24.1 Å². The summed E-state index contributed by atoms with van der Waals surface area (Å²) in [5.41, 5.74) is -0.662. The molecule has 0 aliphatic heterocycles. The molecule has 8 nitrogen and oxygen atoms in total. The van der Waals surface area contributed by atoms with Crippen LogP contribution in [0.1, 0.15) is 0 Å². The van der Waals surface area contributed by atoms with E-state index in [0.29, 0.717) is 5.39 Å². The van der Waals surface area contributed by atoms with Crippen molar-refractivity contribution in [1.29, 1.82) is 0 Å². The molecule has 1 aromatic heterocycles. The zero-order chi connectivity index (χ0) is 15.4. The molecule has 0 aliphatic rings. The maximum Gasteiger partial charge on any atom is 0.341 e. The number of carbonyl (C=O) groups is 2. The first-order valence-electron chi connectivity index (χ1n) is 5.73. The highest BCUT2D eigenvalue weighted by molar-refractivity contribution is 5.85. The Kier molecular flexibility index (Phi) is 4.07. The van der Waals surface area contributed by atoms with Crippen molar-refractivity contribution < 1.29 is 33.7 Å². The standard InChI is InChI=1S/C13H10O8/c14-9(15)5-19-8-3-1-7-2-4-11(18)21-12(7)13(8)20-6-10(16)17/h1-4H,5-6H2,(H,14,15)(H,16,17). The smallest absolute Gasteiger partial charge is 0.341 e. The Balaban J connectivity index is 2.50. The van der Waals surface area contributed by atoms with Gasteiger partial charge in [0.25, 0.3) is 0 Å². The van der Waals surface area contributed by atoms with Crippen molar-refractivity contribution in [2.45, 2.75) is 0 Å². The molecule has 1 aromatic carbocycles. The molecule has 0 radical (unpaired) electrons. The molecule has 110 valence electrons. The van der Waals surface area contributed by atoms with Gasteiger partial charge in [-0.1, -0.05) is 0 Å². The second-order valence-electron chi connectivity index (χ2n) is 3.93. The largest absolute Gasteiger partial charge is 0.479 e. The first-order valence-corrected chi connectivity index (χ1v) is 5.73. The van der Waals surface area contributed by atoms with Crippen molar-refractivity contribution in [2.24, 2.45) is 0 Å². The van der Waals surface area contributed by atoms with Gasteiger partial charge in [-0.3, -0.25) is 0 Å². The van der Waals surface area contributed by atoms with Crippen LogP contribution in [0, 0.1) is 0 Å². The molecule has 0 bridgehead atoms. The van der Waals surface area contributed by atoms with Crippen LogP contribution in [0.4, 0.5) is 0 Å². The second kappa shape index (κ2) is 5.95. The summed E-state index contributed by atoms with van der Waals surface area (Å²) in [5, 5.41) is 17.7. The predicted molar refractivity (Wildman–Crippen MR) is 68.7 cm³/mol. The molecule has 21 heavy (non-hydrogen) atoms. The Morgan fingerprint density at radius 1 is 1.00 bits per heavy atom. The van der Waals surface area contributed by atoms with E-state index < -0.39 is 30.8 Å². The molecule has 0 saturated carbocycles. The number of benzene rings is 1. The van der Waals surface area contributed by atoms with Gasteiger partial charge < -0.3 is 24.1 Å². The molecule has 0 aliphatic carbocycles. The van der Waals surface area contributed by atoms with Crippen molar-refractivity contribution in [3.63, 3.8) is 0 Å². The number of ether oxygens (including phenoxy) is 2. The minimum Gasteiger partial charge on any atom is -0.479 e. The van der Waals surface area contributed by atoms with Gasteiger partial charge in [0.2, 0.25) is 5.75 Å². The lowest BCUT2D eigenvalue weighted by molar-refractivity contribution is -0.140. The van der Waals surface area contributed by atoms with Crippen LogP contribution in [-0.4, -0.2) is 35.4 Å². The Morgan fingerprint density at radius 2 is 1.62 bits per heavy atom. The zero-order valence-corrected chi connectivity index (χ0v) is 10.6. The van der Waals surface area contributed by atoms with Gasteiger partial charge in [0, 0.05) is 11.5 Å². The number of hydrogen-bond donors (Lipinski definition) is 2. The maximum atomic E-state index is 11.3. The molecule has 0 spiro atoms. The molecule has 0 atom stereocenters. The number of fused-ring (bicyclic) bond motifs is 1. The molecule has 0 amide bonds. The fourth-order valence-corrected chi connectivity index (χ4v) is 1.61. The van der Waals surface area contributed by atoms with Gasteiger partial charge in [-0.2, -0.15) is 0 Å². The first-order chi connectivity index (χ1) is 9.97. The number of hydrogen-bond acceptors (Lipinski definition) is 6. The fourth-order valence-electron chi connectivity index (χ4n) is 1.61. The monoisotopic (exact) mass is 294 g/mol. The van der Waals surface area contributed by atoms with Crippen molar-refractivity contribution in [2.75, 3.05) is 13.2 Å². The number of rotatable bonds is 6. The topological polar surface area (TPSA) is 123 Å². The van der Waals surface area contributed by atoms with Crippen molar-refractivity contribution in [3.8, 4) is 11.5 Å². The van der Waals surface area contributed by atoms with Gasteiger partial charge in [-0.05, 0) is 18.2 Å². The number of carboxylic acid groups (broad SMARTS) is 2. The van der Waals surface area contributed by atoms with Crippen molar-refractivity contribution in [3.05, 3.63) is 34.7 Å². The van der Waals surface area contributed by atoms with E-state index in [2.05, 4.69) is 0 Å². The van der Waals surface area contributed by atoms with E-state index in [0.717, 1.165) is 0 Å². The Morgan fingerprint density at radius 3 is 2.29 bits per heavy atom. The van der Waals surface area contributed by atoms with Gasteiger partial charge in [-0.15, -0.1) is 0 Å². The van der Waals surface area contributed by atoms with Crippen LogP contribution in [0.2, 0.25) is 0 Å². The summed E-state index contributed by atoms with van der Waals surface area (Å²) in [6.07, 6.45) is 0. The van der Waals surface area contributed by atoms with Gasteiger partial charge in [0.1, 0.15) is 0 Å². The van der Waals surface area contributed by atoms with E-state index in [-0.39, 0.29) is 17.1 Å². The van der Waals surface area contributed by atoms with E-state index in [9.17, 15) is 14.4 Å². The lowest BCUT2D eigenvalue weighted by Crippen LogP contribution is -2.13. The van der Waals surface area contributed by atoms with Gasteiger partial charge in [0.05, 0.1) is 0 Å². The Hall–Kier alpha value is -3.03. The fraction of sp³-hybridized carbons (Fsp3) is 0.154. The third-order valence-corrected chi connectivity index (χ3v) is 2.40. The Bertz CT molecular complexity index is 745. The molecule has 0 unspecified atom stereocenters. The molecule has 2 aromatic rings. The highest BCUT2D eigenvalue weighted by Gasteiger charge is 2.15. The summed E-state index contributed by atoms with van der Waals surface area (Å²) in [4.78, 5) is 32.4. The summed E-state index contributed by atoms with van der Waals surface area (Å²) >= 11 is 0. The summed E-state index contributed by atoms with van der Waals surface area (Å²) in [5.74, 6) is -2.61. The molecule has 0 saturated heterocycles. The van der Waals surface area contributed by atoms with E-state index in [1.54, 1.807) is 0 Å². The van der Waals surface area contributed by atoms with Crippen LogP contribution in [0.3, 0.4) is 0 Å². The average molecular weight is 294 g/mol. The summed E-state index contributed by atoms with van der Waals surface area (Å²) in [6.45, 7) is -1.34. The normalized spacial score (nSPS) is 10.3.